The molecule has 0 saturated carbocycles. The standard InChI is InChI=1S/C29H25BrClN3O6/c1-16-25(33-29(38)39-17(2)22-5-3-4-6-23(22)31)26(40-34-16)19-9-11-20(12-10-19)27(35)32-24(28(36)37)15-18-7-13-21(30)14-8-18/h3-14,17,24H,15H2,1-2H3,(H,32,35)(H,33,38)(H,36,37)/t17?,24-/m1/s1. The minimum Gasteiger partial charge on any atom is -0.480 e. The third-order valence-corrected chi connectivity index (χ3v) is 6.96. The van der Waals surface area contributed by atoms with Crippen molar-refractivity contribution in [2.24, 2.45) is 0 Å². The molecular formula is C29H25BrClN3O6. The molecule has 4 rings (SSSR count). The molecule has 0 aliphatic carbocycles. The lowest BCUT2D eigenvalue weighted by atomic mass is 10.0. The van der Waals surface area contributed by atoms with Crippen LogP contribution in [0.2, 0.25) is 5.02 Å². The van der Waals surface area contributed by atoms with Gasteiger partial charge >= 0.3 is 12.1 Å². The van der Waals surface area contributed by atoms with Gasteiger partial charge in [0.25, 0.3) is 5.91 Å². The maximum absolute atomic E-state index is 12.8. The van der Waals surface area contributed by atoms with Gasteiger partial charge in [-0.2, -0.15) is 0 Å². The van der Waals surface area contributed by atoms with E-state index in [1.165, 1.54) is 12.1 Å². The van der Waals surface area contributed by atoms with E-state index in [0.717, 1.165) is 10.0 Å². The van der Waals surface area contributed by atoms with E-state index in [1.807, 2.05) is 12.1 Å². The first-order valence-electron chi connectivity index (χ1n) is 12.2. The summed E-state index contributed by atoms with van der Waals surface area (Å²) in [6.45, 7) is 3.37. The number of rotatable bonds is 9. The number of aryl methyl sites for hydroxylation is 1. The van der Waals surface area contributed by atoms with Gasteiger partial charge in [-0.3, -0.25) is 10.1 Å². The van der Waals surface area contributed by atoms with Crippen LogP contribution in [0.1, 0.15) is 40.2 Å². The lowest BCUT2D eigenvalue weighted by Gasteiger charge is -2.16. The molecule has 11 heteroatoms. The fraction of sp³-hybridized carbons (Fsp3) is 0.172. The van der Waals surface area contributed by atoms with E-state index in [0.29, 0.717) is 27.5 Å². The topological polar surface area (TPSA) is 131 Å². The number of carbonyl (C=O) groups excluding carboxylic acids is 2. The number of aromatic nitrogens is 1. The molecular weight excluding hydrogens is 602 g/mol. The van der Waals surface area contributed by atoms with E-state index in [9.17, 15) is 19.5 Å². The third-order valence-electron chi connectivity index (χ3n) is 6.08. The average Bonchev–Trinajstić information content (AvgIpc) is 3.29. The molecule has 4 aromatic rings. The highest BCUT2D eigenvalue weighted by Gasteiger charge is 2.23. The summed E-state index contributed by atoms with van der Waals surface area (Å²) in [6, 6.07) is 19.4. The van der Waals surface area contributed by atoms with Gasteiger partial charge in [0.2, 0.25) is 0 Å². The molecule has 206 valence electrons. The summed E-state index contributed by atoms with van der Waals surface area (Å²) < 4.78 is 11.8. The van der Waals surface area contributed by atoms with Crippen LogP contribution in [-0.4, -0.2) is 34.3 Å². The molecule has 9 nitrogen and oxygen atoms in total. The molecule has 0 aliphatic rings. The van der Waals surface area contributed by atoms with Crippen molar-refractivity contribution in [3.63, 3.8) is 0 Å². The maximum atomic E-state index is 12.8. The van der Waals surface area contributed by atoms with Gasteiger partial charge < -0.3 is 19.7 Å². The number of carboxylic acid groups (broad SMARTS) is 1. The SMILES string of the molecule is Cc1noc(-c2ccc(C(=O)N[C@H](Cc3ccc(Br)cc3)C(=O)O)cc2)c1NC(=O)OC(C)c1ccccc1Cl. The number of benzene rings is 3. The molecule has 1 heterocycles. The Hall–Kier alpha value is -4.15. The van der Waals surface area contributed by atoms with Crippen molar-refractivity contribution in [2.45, 2.75) is 32.4 Å². The van der Waals surface area contributed by atoms with Gasteiger partial charge in [-0.25, -0.2) is 9.59 Å². The number of nitrogens with one attached hydrogen (secondary N) is 2. The summed E-state index contributed by atoms with van der Waals surface area (Å²) >= 11 is 9.54. The Labute approximate surface area is 243 Å². The second kappa shape index (κ2) is 12.8. The largest absolute Gasteiger partial charge is 0.480 e. The molecule has 0 aliphatic heterocycles. The third kappa shape index (κ3) is 7.08. The number of ether oxygens (including phenoxy) is 1. The lowest BCUT2D eigenvalue weighted by Crippen LogP contribution is -2.42. The first kappa shape index (κ1) is 28.8. The Morgan fingerprint density at radius 2 is 1.73 bits per heavy atom. The molecule has 1 aromatic heterocycles. The summed E-state index contributed by atoms with van der Waals surface area (Å²) in [4.78, 5) is 37.2. The van der Waals surface area contributed by atoms with Crippen LogP contribution in [0, 0.1) is 6.92 Å². The average molecular weight is 627 g/mol. The number of hydrogen-bond acceptors (Lipinski definition) is 6. The summed E-state index contributed by atoms with van der Waals surface area (Å²) in [6.07, 6.45) is -1.20. The molecule has 40 heavy (non-hydrogen) atoms. The van der Waals surface area contributed by atoms with Crippen LogP contribution >= 0.6 is 27.5 Å². The molecule has 2 amide bonds. The van der Waals surface area contributed by atoms with Gasteiger partial charge in [0.15, 0.2) is 5.76 Å². The van der Waals surface area contributed by atoms with E-state index in [4.69, 9.17) is 20.9 Å². The number of hydrogen-bond donors (Lipinski definition) is 3. The predicted octanol–water partition coefficient (Wildman–Crippen LogP) is 6.80. The van der Waals surface area contributed by atoms with Gasteiger partial charge in [-0.1, -0.05) is 75.2 Å². The fourth-order valence-corrected chi connectivity index (χ4v) is 4.50. The number of carboxylic acids is 1. The van der Waals surface area contributed by atoms with Gasteiger partial charge in [0.1, 0.15) is 23.5 Å². The van der Waals surface area contributed by atoms with Gasteiger partial charge in [-0.15, -0.1) is 0 Å². The summed E-state index contributed by atoms with van der Waals surface area (Å²) in [5, 5.41) is 19.3. The highest BCUT2D eigenvalue weighted by Crippen LogP contribution is 2.32. The Bertz CT molecular complexity index is 1520. The van der Waals surface area contributed by atoms with Crippen LogP contribution < -0.4 is 10.6 Å². The quantitative estimate of drug-likeness (QED) is 0.186. The van der Waals surface area contributed by atoms with E-state index in [1.54, 1.807) is 62.4 Å². The van der Waals surface area contributed by atoms with Crippen LogP contribution in [0.15, 0.2) is 81.8 Å². The van der Waals surface area contributed by atoms with Crippen LogP contribution in [0.4, 0.5) is 10.5 Å². The second-order valence-corrected chi connectivity index (χ2v) is 10.3. The highest BCUT2D eigenvalue weighted by molar-refractivity contribution is 9.10. The first-order chi connectivity index (χ1) is 19.1. The molecule has 0 spiro atoms. The molecule has 3 N–H and O–H groups in total. The van der Waals surface area contributed by atoms with Gasteiger partial charge in [0.05, 0.1) is 0 Å². The van der Waals surface area contributed by atoms with Gasteiger partial charge in [0, 0.05) is 32.6 Å². The number of aliphatic carboxylic acids is 1. The number of nitrogens with zero attached hydrogens (tertiary/aromatic N) is 1. The molecule has 0 saturated heterocycles. The van der Waals surface area contributed by atoms with Crippen LogP contribution in [0.25, 0.3) is 11.3 Å². The molecule has 3 aromatic carbocycles. The van der Waals surface area contributed by atoms with Crippen molar-refractivity contribution in [2.75, 3.05) is 5.32 Å². The van der Waals surface area contributed by atoms with Crippen LogP contribution in [0.3, 0.4) is 0 Å². The Morgan fingerprint density at radius 3 is 2.38 bits per heavy atom. The number of amides is 2. The van der Waals surface area contributed by atoms with Crippen LogP contribution in [-0.2, 0) is 16.0 Å². The Balaban J connectivity index is 1.43. The number of anilines is 1. The maximum Gasteiger partial charge on any atom is 0.412 e. The van der Waals surface area contributed by atoms with Crippen LogP contribution in [0.5, 0.6) is 0 Å². The second-order valence-electron chi connectivity index (χ2n) is 8.94. The van der Waals surface area contributed by atoms with E-state index >= 15 is 0 Å². The Kier molecular flexibility index (Phi) is 9.23. The molecule has 0 fully saturated rings. The van der Waals surface area contributed by atoms with Crippen molar-refractivity contribution < 1.29 is 28.8 Å². The zero-order valence-corrected chi connectivity index (χ0v) is 23.8. The minimum absolute atomic E-state index is 0.129. The van der Waals surface area contributed by atoms with E-state index < -0.39 is 30.1 Å². The smallest absolute Gasteiger partial charge is 0.412 e. The zero-order chi connectivity index (χ0) is 28.8. The molecule has 0 radical (unpaired) electrons. The first-order valence-corrected chi connectivity index (χ1v) is 13.4. The normalized spacial score (nSPS) is 12.3. The zero-order valence-electron chi connectivity index (χ0n) is 21.5. The monoisotopic (exact) mass is 625 g/mol. The minimum atomic E-state index is -1.14. The predicted molar refractivity (Wildman–Crippen MR) is 153 cm³/mol. The lowest BCUT2D eigenvalue weighted by molar-refractivity contribution is -0.139. The van der Waals surface area contributed by atoms with Crippen molar-refractivity contribution in [1.82, 2.24) is 10.5 Å². The van der Waals surface area contributed by atoms with E-state index in [2.05, 4.69) is 31.7 Å². The molecule has 1 unspecified atom stereocenters. The highest BCUT2D eigenvalue weighted by atomic mass is 79.9. The molecule has 0 bridgehead atoms. The van der Waals surface area contributed by atoms with Crippen molar-refractivity contribution in [1.29, 1.82) is 0 Å². The summed E-state index contributed by atoms with van der Waals surface area (Å²) in [5.74, 6) is -1.41. The van der Waals surface area contributed by atoms with Gasteiger partial charge in [-0.05, 0) is 49.7 Å². The van der Waals surface area contributed by atoms with Crippen molar-refractivity contribution in [3.05, 3.63) is 105 Å². The summed E-state index contributed by atoms with van der Waals surface area (Å²) in [5.41, 5.74) is 2.97. The fourth-order valence-electron chi connectivity index (χ4n) is 3.95. The van der Waals surface area contributed by atoms with E-state index in [-0.39, 0.29) is 17.7 Å². The van der Waals surface area contributed by atoms with Crippen molar-refractivity contribution >= 4 is 51.2 Å². The van der Waals surface area contributed by atoms with Crippen molar-refractivity contribution in [3.8, 4) is 11.3 Å². The molecule has 2 atom stereocenters. The number of halogens is 2. The number of carbonyl (C=O) groups is 3. The Morgan fingerprint density at radius 1 is 1.05 bits per heavy atom. The summed E-state index contributed by atoms with van der Waals surface area (Å²) in [7, 11) is 0.